The average Bonchev–Trinajstić information content (AvgIpc) is 3.12. The number of hydrogen-bond donors (Lipinski definition) is 1. The highest BCUT2D eigenvalue weighted by molar-refractivity contribution is 5.92. The number of methoxy groups -OCH3 is 1. The van der Waals surface area contributed by atoms with Gasteiger partial charge >= 0.3 is 0 Å². The lowest BCUT2D eigenvalue weighted by Crippen LogP contribution is -2.53. The number of pyridine rings is 1. The molecule has 0 radical (unpaired) electrons. The number of hydrogen-bond acceptors (Lipinski definition) is 6. The SMILES string of the molecule is COc1nc(C(=O)N2CC[C@@]3(c4cccc(F)c4)OCO[C@H]3C2)ccc1O. The molecule has 142 valence electrons. The van der Waals surface area contributed by atoms with Gasteiger partial charge in [0, 0.05) is 13.0 Å². The van der Waals surface area contributed by atoms with Crippen LogP contribution in [0.25, 0.3) is 0 Å². The van der Waals surface area contributed by atoms with E-state index in [9.17, 15) is 14.3 Å². The molecule has 1 aromatic heterocycles. The number of aromatic nitrogens is 1. The van der Waals surface area contributed by atoms with E-state index in [-0.39, 0.29) is 35.8 Å². The fourth-order valence-electron chi connectivity index (χ4n) is 3.69. The Labute approximate surface area is 155 Å². The molecule has 4 rings (SSSR count). The number of amides is 1. The summed E-state index contributed by atoms with van der Waals surface area (Å²) in [5.74, 6) is -0.774. The Balaban J connectivity index is 1.57. The molecule has 2 aliphatic rings. The van der Waals surface area contributed by atoms with Crippen molar-refractivity contribution in [3.8, 4) is 11.6 Å². The molecule has 1 aromatic carbocycles. The lowest BCUT2D eigenvalue weighted by Gasteiger charge is -2.41. The summed E-state index contributed by atoms with van der Waals surface area (Å²) < 4.78 is 30.3. The van der Waals surface area contributed by atoms with Crippen molar-refractivity contribution >= 4 is 5.91 Å². The summed E-state index contributed by atoms with van der Waals surface area (Å²) in [7, 11) is 1.37. The minimum Gasteiger partial charge on any atom is -0.503 e. The van der Waals surface area contributed by atoms with Crippen molar-refractivity contribution in [3.63, 3.8) is 0 Å². The first-order chi connectivity index (χ1) is 13.0. The molecule has 7 nitrogen and oxygen atoms in total. The Morgan fingerprint density at radius 2 is 2.26 bits per heavy atom. The van der Waals surface area contributed by atoms with Crippen LogP contribution in [0.3, 0.4) is 0 Å². The van der Waals surface area contributed by atoms with E-state index in [2.05, 4.69) is 4.98 Å². The van der Waals surface area contributed by atoms with Gasteiger partial charge in [0.15, 0.2) is 5.75 Å². The van der Waals surface area contributed by atoms with Crippen LogP contribution in [0.15, 0.2) is 36.4 Å². The van der Waals surface area contributed by atoms with Gasteiger partial charge in [-0.05, 0) is 29.8 Å². The van der Waals surface area contributed by atoms with Gasteiger partial charge in [-0.3, -0.25) is 4.79 Å². The molecular weight excluding hydrogens is 355 g/mol. The summed E-state index contributed by atoms with van der Waals surface area (Å²) in [6, 6.07) is 9.10. The van der Waals surface area contributed by atoms with Crippen molar-refractivity contribution in [1.82, 2.24) is 9.88 Å². The van der Waals surface area contributed by atoms with Crippen LogP contribution in [0.2, 0.25) is 0 Å². The first-order valence-corrected chi connectivity index (χ1v) is 8.58. The Hall–Kier alpha value is -2.71. The number of halogens is 1. The highest BCUT2D eigenvalue weighted by Crippen LogP contribution is 2.42. The molecule has 2 fully saturated rings. The number of aromatic hydroxyl groups is 1. The smallest absolute Gasteiger partial charge is 0.272 e. The maximum absolute atomic E-state index is 13.7. The normalized spacial score (nSPS) is 24.5. The van der Waals surface area contributed by atoms with E-state index in [4.69, 9.17) is 14.2 Å². The summed E-state index contributed by atoms with van der Waals surface area (Å²) >= 11 is 0. The standard InChI is InChI=1S/C19H19FN2O5/c1-25-17-15(23)6-5-14(21-17)18(24)22-8-7-19(16(10-22)26-11-27-19)12-3-2-4-13(20)9-12/h2-6,9,16,23H,7-8,10-11H2,1H3/t16-,19-/m0/s1. The molecule has 2 saturated heterocycles. The molecule has 0 aliphatic carbocycles. The van der Waals surface area contributed by atoms with E-state index >= 15 is 0 Å². The Morgan fingerprint density at radius 3 is 3.04 bits per heavy atom. The Kier molecular flexibility index (Phi) is 4.45. The highest BCUT2D eigenvalue weighted by Gasteiger charge is 2.51. The van der Waals surface area contributed by atoms with E-state index in [0.29, 0.717) is 25.1 Å². The van der Waals surface area contributed by atoms with Crippen LogP contribution in [0.5, 0.6) is 11.6 Å². The van der Waals surface area contributed by atoms with E-state index < -0.39 is 11.7 Å². The number of likely N-dealkylation sites (tertiary alicyclic amines) is 1. The molecule has 2 atom stereocenters. The number of benzene rings is 1. The summed E-state index contributed by atoms with van der Waals surface area (Å²) in [5, 5.41) is 9.65. The molecule has 27 heavy (non-hydrogen) atoms. The third kappa shape index (κ3) is 3.00. The minimum atomic E-state index is -0.765. The van der Waals surface area contributed by atoms with Gasteiger partial charge in [-0.15, -0.1) is 0 Å². The number of ether oxygens (including phenoxy) is 3. The number of carbonyl (C=O) groups is 1. The molecule has 0 spiro atoms. The molecule has 2 aromatic rings. The Morgan fingerprint density at radius 1 is 1.41 bits per heavy atom. The van der Waals surface area contributed by atoms with E-state index in [1.165, 1.54) is 31.4 Å². The quantitative estimate of drug-likeness (QED) is 0.886. The lowest BCUT2D eigenvalue weighted by molar-refractivity contribution is -0.0441. The van der Waals surface area contributed by atoms with Crippen molar-refractivity contribution in [2.75, 3.05) is 27.0 Å². The van der Waals surface area contributed by atoms with Crippen LogP contribution < -0.4 is 4.74 Å². The van der Waals surface area contributed by atoms with Crippen LogP contribution in [-0.2, 0) is 15.1 Å². The number of fused-ring (bicyclic) bond motifs is 1. The predicted octanol–water partition coefficient (Wildman–Crippen LogP) is 2.05. The van der Waals surface area contributed by atoms with Crippen molar-refractivity contribution < 1.29 is 28.5 Å². The molecular formula is C19H19FN2O5. The van der Waals surface area contributed by atoms with Gasteiger partial charge in [-0.25, -0.2) is 9.37 Å². The van der Waals surface area contributed by atoms with Gasteiger partial charge in [0.05, 0.1) is 13.7 Å². The molecule has 1 N–H and O–H groups in total. The van der Waals surface area contributed by atoms with Gasteiger partial charge in [-0.1, -0.05) is 12.1 Å². The number of carbonyl (C=O) groups excluding carboxylic acids is 1. The molecule has 0 unspecified atom stereocenters. The van der Waals surface area contributed by atoms with Gasteiger partial charge in [-0.2, -0.15) is 0 Å². The van der Waals surface area contributed by atoms with Crippen LogP contribution in [0.4, 0.5) is 4.39 Å². The number of nitrogens with zero attached hydrogens (tertiary/aromatic N) is 2. The zero-order valence-corrected chi connectivity index (χ0v) is 14.7. The van der Waals surface area contributed by atoms with Crippen molar-refractivity contribution in [3.05, 3.63) is 53.5 Å². The third-order valence-corrected chi connectivity index (χ3v) is 5.10. The summed E-state index contributed by atoms with van der Waals surface area (Å²) in [4.78, 5) is 18.5. The second kappa shape index (κ2) is 6.79. The maximum atomic E-state index is 13.7. The third-order valence-electron chi connectivity index (χ3n) is 5.10. The van der Waals surface area contributed by atoms with Crippen molar-refractivity contribution in [1.29, 1.82) is 0 Å². The first-order valence-electron chi connectivity index (χ1n) is 8.58. The molecule has 0 bridgehead atoms. The minimum absolute atomic E-state index is 0.00702. The summed E-state index contributed by atoms with van der Waals surface area (Å²) in [6.45, 7) is 0.786. The van der Waals surface area contributed by atoms with Gasteiger partial charge in [0.25, 0.3) is 11.8 Å². The van der Waals surface area contributed by atoms with Crippen LogP contribution in [0.1, 0.15) is 22.5 Å². The predicted molar refractivity (Wildman–Crippen MR) is 91.9 cm³/mol. The maximum Gasteiger partial charge on any atom is 0.272 e. The highest BCUT2D eigenvalue weighted by atomic mass is 19.1. The van der Waals surface area contributed by atoms with Gasteiger partial charge in [0.1, 0.15) is 30.0 Å². The van der Waals surface area contributed by atoms with Crippen LogP contribution in [-0.4, -0.2) is 54.0 Å². The Bertz CT molecular complexity index is 877. The fourth-order valence-corrected chi connectivity index (χ4v) is 3.69. The zero-order valence-electron chi connectivity index (χ0n) is 14.7. The monoisotopic (exact) mass is 374 g/mol. The second-order valence-corrected chi connectivity index (χ2v) is 6.54. The molecule has 8 heteroatoms. The van der Waals surface area contributed by atoms with Crippen LogP contribution >= 0.6 is 0 Å². The summed E-state index contributed by atoms with van der Waals surface area (Å²) in [6.07, 6.45) is 0.0678. The summed E-state index contributed by atoms with van der Waals surface area (Å²) in [5.41, 5.74) is 0.113. The zero-order chi connectivity index (χ0) is 19.0. The lowest BCUT2D eigenvalue weighted by atomic mass is 9.82. The molecule has 1 amide bonds. The van der Waals surface area contributed by atoms with Crippen molar-refractivity contribution in [2.24, 2.45) is 0 Å². The van der Waals surface area contributed by atoms with E-state index in [0.717, 1.165) is 0 Å². The first kappa shape index (κ1) is 17.7. The topological polar surface area (TPSA) is 81.1 Å². The van der Waals surface area contributed by atoms with Gasteiger partial charge < -0.3 is 24.2 Å². The van der Waals surface area contributed by atoms with Gasteiger partial charge in [0.2, 0.25) is 0 Å². The second-order valence-electron chi connectivity index (χ2n) is 6.54. The number of piperidine rings is 1. The fraction of sp³-hybridized carbons (Fsp3) is 0.368. The van der Waals surface area contributed by atoms with Crippen LogP contribution in [0, 0.1) is 5.82 Å². The average molecular weight is 374 g/mol. The molecule has 2 aliphatic heterocycles. The van der Waals surface area contributed by atoms with E-state index in [1.807, 2.05) is 6.07 Å². The number of rotatable bonds is 3. The molecule has 3 heterocycles. The van der Waals surface area contributed by atoms with Crippen molar-refractivity contribution in [2.45, 2.75) is 18.1 Å². The largest absolute Gasteiger partial charge is 0.503 e. The molecule has 0 saturated carbocycles. The van der Waals surface area contributed by atoms with E-state index in [1.54, 1.807) is 11.0 Å².